The van der Waals surface area contributed by atoms with E-state index in [1.807, 2.05) is 6.07 Å². The molecule has 0 aliphatic carbocycles. The summed E-state index contributed by atoms with van der Waals surface area (Å²) in [6, 6.07) is 4.12. The van der Waals surface area contributed by atoms with Crippen molar-refractivity contribution in [2.24, 2.45) is 0 Å². The van der Waals surface area contributed by atoms with Crippen LogP contribution in [0.1, 0.15) is 29.5 Å². The summed E-state index contributed by atoms with van der Waals surface area (Å²) in [7, 11) is 0. The highest BCUT2D eigenvalue weighted by Crippen LogP contribution is 2.29. The third kappa shape index (κ3) is 2.25. The Hall–Kier alpha value is -1.20. The molecule has 1 fully saturated rings. The number of nitrogens with one attached hydrogen (secondary N) is 1. The van der Waals surface area contributed by atoms with E-state index in [-0.39, 0.29) is 0 Å². The van der Waals surface area contributed by atoms with Crippen LogP contribution >= 0.6 is 11.3 Å². The van der Waals surface area contributed by atoms with Crippen LogP contribution in [0.2, 0.25) is 0 Å². The molecule has 1 aliphatic heterocycles. The summed E-state index contributed by atoms with van der Waals surface area (Å²) in [6.07, 6.45) is 2.20. The molecule has 17 heavy (non-hydrogen) atoms. The Balaban J connectivity index is 1.82. The van der Waals surface area contributed by atoms with Crippen LogP contribution in [0.25, 0.3) is 10.8 Å². The van der Waals surface area contributed by atoms with Crippen LogP contribution in [0.3, 0.4) is 0 Å². The molecule has 5 heteroatoms. The van der Waals surface area contributed by atoms with E-state index in [1.165, 1.54) is 4.88 Å². The molecule has 0 atom stereocenters. The molecular formula is C12H15N3OS. The van der Waals surface area contributed by atoms with Gasteiger partial charge < -0.3 is 9.84 Å². The maximum atomic E-state index is 5.35. The highest BCUT2D eigenvalue weighted by Gasteiger charge is 2.21. The minimum absolute atomic E-state index is 0.454. The van der Waals surface area contributed by atoms with Crippen molar-refractivity contribution in [2.75, 3.05) is 13.1 Å². The maximum absolute atomic E-state index is 5.35. The van der Waals surface area contributed by atoms with Crippen LogP contribution in [-0.4, -0.2) is 23.2 Å². The van der Waals surface area contributed by atoms with E-state index in [1.54, 1.807) is 11.3 Å². The van der Waals surface area contributed by atoms with Gasteiger partial charge >= 0.3 is 0 Å². The van der Waals surface area contributed by atoms with E-state index in [0.29, 0.717) is 11.8 Å². The summed E-state index contributed by atoms with van der Waals surface area (Å²) in [5, 5.41) is 7.46. The monoisotopic (exact) mass is 249 g/mol. The van der Waals surface area contributed by atoms with E-state index < -0.39 is 0 Å². The molecule has 0 saturated carbocycles. The number of hydrogen-bond donors (Lipinski definition) is 1. The van der Waals surface area contributed by atoms with Gasteiger partial charge in [-0.2, -0.15) is 4.98 Å². The minimum Gasteiger partial charge on any atom is -0.333 e. The van der Waals surface area contributed by atoms with E-state index >= 15 is 0 Å². The summed E-state index contributed by atoms with van der Waals surface area (Å²) < 4.78 is 5.35. The lowest BCUT2D eigenvalue weighted by Crippen LogP contribution is -2.27. The average molecular weight is 249 g/mol. The van der Waals surface area contributed by atoms with Gasteiger partial charge in [0.2, 0.25) is 0 Å². The number of aryl methyl sites for hydroxylation is 1. The number of aromatic nitrogens is 2. The summed E-state index contributed by atoms with van der Waals surface area (Å²) in [4.78, 5) is 6.85. The van der Waals surface area contributed by atoms with Crippen LogP contribution in [-0.2, 0) is 0 Å². The normalized spacial score (nSPS) is 17.5. The molecule has 0 spiro atoms. The third-order valence-electron chi connectivity index (χ3n) is 3.10. The summed E-state index contributed by atoms with van der Waals surface area (Å²) in [5.74, 6) is 1.99. The Morgan fingerprint density at radius 2 is 2.18 bits per heavy atom. The molecule has 2 aromatic heterocycles. The third-order valence-corrected chi connectivity index (χ3v) is 4.09. The van der Waals surface area contributed by atoms with Crippen LogP contribution in [0, 0.1) is 6.92 Å². The lowest BCUT2D eigenvalue weighted by Gasteiger charge is -2.18. The molecular weight excluding hydrogens is 234 g/mol. The van der Waals surface area contributed by atoms with Crippen molar-refractivity contribution in [1.82, 2.24) is 15.5 Å². The second kappa shape index (κ2) is 4.58. The van der Waals surface area contributed by atoms with Crippen molar-refractivity contribution in [3.05, 3.63) is 22.8 Å². The van der Waals surface area contributed by atoms with E-state index in [4.69, 9.17) is 4.52 Å². The van der Waals surface area contributed by atoms with Crippen LogP contribution in [0.4, 0.5) is 0 Å². The Labute approximate surface area is 104 Å². The van der Waals surface area contributed by atoms with Crippen molar-refractivity contribution in [3.8, 4) is 10.8 Å². The van der Waals surface area contributed by atoms with Crippen LogP contribution < -0.4 is 5.32 Å². The van der Waals surface area contributed by atoms with Crippen molar-refractivity contribution in [3.63, 3.8) is 0 Å². The first kappa shape index (κ1) is 10.9. The molecule has 90 valence electrons. The Morgan fingerprint density at radius 3 is 2.88 bits per heavy atom. The smallest absolute Gasteiger partial charge is 0.268 e. The highest BCUT2D eigenvalue weighted by molar-refractivity contribution is 7.15. The van der Waals surface area contributed by atoms with Crippen LogP contribution in [0.5, 0.6) is 0 Å². The zero-order chi connectivity index (χ0) is 11.7. The average Bonchev–Trinajstić information content (AvgIpc) is 2.98. The quantitative estimate of drug-likeness (QED) is 0.888. The first-order chi connectivity index (χ1) is 8.33. The summed E-state index contributed by atoms with van der Waals surface area (Å²) in [6.45, 7) is 4.18. The number of thiophene rings is 1. The predicted molar refractivity (Wildman–Crippen MR) is 67.2 cm³/mol. The Morgan fingerprint density at radius 1 is 1.35 bits per heavy atom. The minimum atomic E-state index is 0.454. The number of nitrogens with zero attached hydrogens (tertiary/aromatic N) is 2. The van der Waals surface area contributed by atoms with Gasteiger partial charge in [-0.15, -0.1) is 11.3 Å². The highest BCUT2D eigenvalue weighted by atomic mass is 32.1. The SMILES string of the molecule is Cc1ccc(-c2nc(C3CCNCC3)no2)s1. The van der Waals surface area contributed by atoms with Gasteiger partial charge in [0.1, 0.15) is 0 Å². The number of hydrogen-bond acceptors (Lipinski definition) is 5. The molecule has 1 saturated heterocycles. The van der Waals surface area contributed by atoms with E-state index in [9.17, 15) is 0 Å². The lowest BCUT2D eigenvalue weighted by atomic mass is 9.98. The standard InChI is InChI=1S/C12H15N3OS/c1-8-2-3-10(17-8)12-14-11(15-16-12)9-4-6-13-7-5-9/h2-3,9,13H,4-7H2,1H3. The van der Waals surface area contributed by atoms with Gasteiger partial charge in [0, 0.05) is 10.8 Å². The number of rotatable bonds is 2. The molecule has 2 aromatic rings. The van der Waals surface area contributed by atoms with Gasteiger partial charge in [0.15, 0.2) is 5.82 Å². The Bertz CT molecular complexity index is 499. The van der Waals surface area contributed by atoms with Gasteiger partial charge in [0.05, 0.1) is 4.88 Å². The van der Waals surface area contributed by atoms with Crippen molar-refractivity contribution >= 4 is 11.3 Å². The van der Waals surface area contributed by atoms with Gasteiger partial charge in [-0.1, -0.05) is 5.16 Å². The fourth-order valence-corrected chi connectivity index (χ4v) is 2.92. The second-order valence-electron chi connectivity index (χ2n) is 4.39. The molecule has 0 amide bonds. The zero-order valence-corrected chi connectivity index (χ0v) is 10.6. The molecule has 3 heterocycles. The largest absolute Gasteiger partial charge is 0.333 e. The van der Waals surface area contributed by atoms with Crippen molar-refractivity contribution in [1.29, 1.82) is 0 Å². The second-order valence-corrected chi connectivity index (χ2v) is 5.68. The maximum Gasteiger partial charge on any atom is 0.268 e. The zero-order valence-electron chi connectivity index (χ0n) is 9.77. The fraction of sp³-hybridized carbons (Fsp3) is 0.500. The molecule has 0 unspecified atom stereocenters. The van der Waals surface area contributed by atoms with E-state index in [0.717, 1.165) is 36.6 Å². The molecule has 1 aliphatic rings. The molecule has 1 N–H and O–H groups in total. The summed E-state index contributed by atoms with van der Waals surface area (Å²) >= 11 is 1.69. The van der Waals surface area contributed by atoms with Gasteiger partial charge in [-0.05, 0) is 45.0 Å². The first-order valence-electron chi connectivity index (χ1n) is 5.94. The molecule has 4 nitrogen and oxygen atoms in total. The van der Waals surface area contributed by atoms with Crippen molar-refractivity contribution in [2.45, 2.75) is 25.7 Å². The number of piperidine rings is 1. The predicted octanol–water partition coefficient (Wildman–Crippen LogP) is 2.57. The molecule has 3 rings (SSSR count). The Kier molecular flexibility index (Phi) is 2.94. The summed E-state index contributed by atoms with van der Waals surface area (Å²) in [5.41, 5.74) is 0. The van der Waals surface area contributed by atoms with Crippen LogP contribution in [0.15, 0.2) is 16.7 Å². The molecule has 0 radical (unpaired) electrons. The lowest BCUT2D eigenvalue weighted by molar-refractivity contribution is 0.392. The fourth-order valence-electron chi connectivity index (χ4n) is 2.13. The van der Waals surface area contributed by atoms with E-state index in [2.05, 4.69) is 28.4 Å². The van der Waals surface area contributed by atoms with Gasteiger partial charge in [0.25, 0.3) is 5.89 Å². The van der Waals surface area contributed by atoms with Crippen molar-refractivity contribution < 1.29 is 4.52 Å². The molecule has 0 bridgehead atoms. The first-order valence-corrected chi connectivity index (χ1v) is 6.76. The topological polar surface area (TPSA) is 51.0 Å². The molecule has 0 aromatic carbocycles. The van der Waals surface area contributed by atoms with Gasteiger partial charge in [-0.25, -0.2) is 0 Å². The van der Waals surface area contributed by atoms with Gasteiger partial charge in [-0.3, -0.25) is 0 Å².